The minimum atomic E-state index is -0.307. The Balaban J connectivity index is 2.19. The molecule has 0 saturated heterocycles. The number of rotatable bonds is 5. The van der Waals surface area contributed by atoms with Crippen LogP contribution in [0.2, 0.25) is 0 Å². The van der Waals surface area contributed by atoms with Crippen molar-refractivity contribution in [2.75, 3.05) is 19.7 Å². The topological polar surface area (TPSA) is 21.3 Å². The molecule has 0 bridgehead atoms. The highest BCUT2D eigenvalue weighted by atomic mass is 19.1. The van der Waals surface area contributed by atoms with Gasteiger partial charge in [-0.05, 0) is 17.5 Å². The van der Waals surface area contributed by atoms with E-state index in [1.54, 1.807) is 18.2 Å². The fourth-order valence-electron chi connectivity index (χ4n) is 1.26. The van der Waals surface area contributed by atoms with Gasteiger partial charge < -0.3 is 10.1 Å². The first-order valence-electron chi connectivity index (χ1n) is 5.57. The van der Waals surface area contributed by atoms with Gasteiger partial charge in [0, 0.05) is 13.1 Å². The summed E-state index contributed by atoms with van der Waals surface area (Å²) < 4.78 is 18.5. The Labute approximate surface area is 96.8 Å². The number of ether oxygens (including phenoxy) is 1. The molecule has 2 nitrogen and oxygen atoms in total. The molecule has 0 heterocycles. The molecule has 0 aliphatic rings. The lowest BCUT2D eigenvalue weighted by atomic mass is 9.97. The van der Waals surface area contributed by atoms with Crippen LogP contribution in [0.3, 0.4) is 0 Å². The summed E-state index contributed by atoms with van der Waals surface area (Å²) >= 11 is 0. The number of nitrogens with one attached hydrogen (secondary N) is 1. The maximum absolute atomic E-state index is 13.1. The highest BCUT2D eigenvalue weighted by Crippen LogP contribution is 2.15. The van der Waals surface area contributed by atoms with E-state index in [1.165, 1.54) is 6.07 Å². The second-order valence-corrected chi connectivity index (χ2v) is 5.02. The molecule has 0 aliphatic heterocycles. The molecule has 0 unspecified atom stereocenters. The normalized spacial score (nSPS) is 11.5. The van der Waals surface area contributed by atoms with Crippen molar-refractivity contribution in [3.63, 3.8) is 0 Å². The summed E-state index contributed by atoms with van der Waals surface area (Å²) in [5.41, 5.74) is 0.262. The number of hydrogen-bond donors (Lipinski definition) is 1. The minimum Gasteiger partial charge on any atom is -0.489 e. The van der Waals surface area contributed by atoms with Crippen molar-refractivity contribution in [3.8, 4) is 5.75 Å². The highest BCUT2D eigenvalue weighted by Gasteiger charge is 2.08. The first kappa shape index (κ1) is 13.0. The van der Waals surface area contributed by atoms with Gasteiger partial charge in [-0.25, -0.2) is 4.39 Å². The van der Waals surface area contributed by atoms with E-state index in [-0.39, 0.29) is 11.2 Å². The smallest absolute Gasteiger partial charge is 0.165 e. The average Bonchev–Trinajstić information content (AvgIpc) is 2.18. The zero-order valence-electron chi connectivity index (χ0n) is 10.2. The Bertz CT molecular complexity index is 320. The molecule has 16 heavy (non-hydrogen) atoms. The summed E-state index contributed by atoms with van der Waals surface area (Å²) in [6, 6.07) is 6.46. The molecule has 0 radical (unpaired) electrons. The molecule has 1 aromatic rings. The van der Waals surface area contributed by atoms with E-state index >= 15 is 0 Å². The first-order valence-corrected chi connectivity index (χ1v) is 5.57. The lowest BCUT2D eigenvalue weighted by molar-refractivity contribution is 0.285. The van der Waals surface area contributed by atoms with Crippen LogP contribution in [-0.4, -0.2) is 19.7 Å². The molecule has 0 aliphatic carbocycles. The number of hydrogen-bond acceptors (Lipinski definition) is 2. The van der Waals surface area contributed by atoms with Crippen molar-refractivity contribution in [2.45, 2.75) is 20.8 Å². The summed E-state index contributed by atoms with van der Waals surface area (Å²) in [6.07, 6.45) is 0. The number of halogens is 1. The predicted octanol–water partition coefficient (Wildman–Crippen LogP) is 2.84. The second-order valence-electron chi connectivity index (χ2n) is 5.02. The fraction of sp³-hybridized carbons (Fsp3) is 0.538. The van der Waals surface area contributed by atoms with Crippen LogP contribution in [0.4, 0.5) is 4.39 Å². The maximum Gasteiger partial charge on any atom is 0.165 e. The minimum absolute atomic E-state index is 0.262. The van der Waals surface area contributed by atoms with Crippen molar-refractivity contribution in [1.82, 2.24) is 5.32 Å². The third-order valence-corrected chi connectivity index (χ3v) is 2.03. The molecule has 1 N–H and O–H groups in total. The van der Waals surface area contributed by atoms with Gasteiger partial charge in [0.05, 0.1) is 0 Å². The zero-order chi connectivity index (χ0) is 12.0. The van der Waals surface area contributed by atoms with Crippen LogP contribution >= 0.6 is 0 Å². The lowest BCUT2D eigenvalue weighted by Gasteiger charge is -2.18. The van der Waals surface area contributed by atoms with Crippen LogP contribution in [0.5, 0.6) is 5.75 Å². The number of para-hydroxylation sites is 1. The molecule has 1 aromatic carbocycles. The number of benzene rings is 1. The van der Waals surface area contributed by atoms with Gasteiger partial charge in [0.15, 0.2) is 11.6 Å². The summed E-state index contributed by atoms with van der Waals surface area (Å²) in [7, 11) is 0. The SMILES string of the molecule is CC(C)(C)CNCCOc1ccccc1F. The molecule has 0 fully saturated rings. The summed E-state index contributed by atoms with van der Waals surface area (Å²) in [5.74, 6) is 0.0124. The quantitative estimate of drug-likeness (QED) is 0.778. The van der Waals surface area contributed by atoms with Crippen molar-refractivity contribution >= 4 is 0 Å². The third kappa shape index (κ3) is 5.12. The second kappa shape index (κ2) is 5.85. The molecular weight excluding hydrogens is 205 g/mol. The largest absolute Gasteiger partial charge is 0.489 e. The monoisotopic (exact) mass is 225 g/mol. The molecule has 0 amide bonds. The van der Waals surface area contributed by atoms with Crippen LogP contribution in [0.1, 0.15) is 20.8 Å². The summed E-state index contributed by atoms with van der Waals surface area (Å²) in [4.78, 5) is 0. The van der Waals surface area contributed by atoms with Crippen molar-refractivity contribution < 1.29 is 9.13 Å². The molecular formula is C13H20FNO. The van der Waals surface area contributed by atoms with Gasteiger partial charge in [-0.3, -0.25) is 0 Å². The molecule has 0 saturated carbocycles. The van der Waals surface area contributed by atoms with Crippen LogP contribution in [0.25, 0.3) is 0 Å². The van der Waals surface area contributed by atoms with E-state index in [0.29, 0.717) is 12.4 Å². The third-order valence-electron chi connectivity index (χ3n) is 2.03. The molecule has 0 atom stereocenters. The van der Waals surface area contributed by atoms with E-state index in [0.717, 1.165) is 13.1 Å². The predicted molar refractivity (Wildman–Crippen MR) is 64.2 cm³/mol. The van der Waals surface area contributed by atoms with E-state index < -0.39 is 0 Å². The van der Waals surface area contributed by atoms with Crippen molar-refractivity contribution in [1.29, 1.82) is 0 Å². The highest BCUT2D eigenvalue weighted by molar-refractivity contribution is 5.23. The van der Waals surface area contributed by atoms with Gasteiger partial charge in [-0.1, -0.05) is 32.9 Å². The van der Waals surface area contributed by atoms with Gasteiger partial charge in [0.1, 0.15) is 6.61 Å². The Morgan fingerprint density at radius 2 is 1.94 bits per heavy atom. The summed E-state index contributed by atoms with van der Waals surface area (Å²) in [5, 5.41) is 3.27. The zero-order valence-corrected chi connectivity index (χ0v) is 10.2. The van der Waals surface area contributed by atoms with Crippen LogP contribution in [0.15, 0.2) is 24.3 Å². The van der Waals surface area contributed by atoms with E-state index in [4.69, 9.17) is 4.74 Å². The van der Waals surface area contributed by atoms with E-state index in [1.807, 2.05) is 0 Å². The Kier molecular flexibility index (Phi) is 4.74. The lowest BCUT2D eigenvalue weighted by Crippen LogP contribution is -2.30. The molecule has 0 aromatic heterocycles. The van der Waals surface area contributed by atoms with E-state index in [9.17, 15) is 4.39 Å². The van der Waals surface area contributed by atoms with Crippen molar-refractivity contribution in [2.24, 2.45) is 5.41 Å². The van der Waals surface area contributed by atoms with Crippen LogP contribution in [-0.2, 0) is 0 Å². The van der Waals surface area contributed by atoms with Gasteiger partial charge in [-0.2, -0.15) is 0 Å². The summed E-state index contributed by atoms with van der Waals surface area (Å²) in [6.45, 7) is 8.63. The Morgan fingerprint density at radius 3 is 2.56 bits per heavy atom. The van der Waals surface area contributed by atoms with Crippen LogP contribution < -0.4 is 10.1 Å². The van der Waals surface area contributed by atoms with Gasteiger partial charge in [0.25, 0.3) is 0 Å². The van der Waals surface area contributed by atoms with Crippen LogP contribution in [0, 0.1) is 11.2 Å². The van der Waals surface area contributed by atoms with Gasteiger partial charge in [0.2, 0.25) is 0 Å². The molecule has 1 rings (SSSR count). The average molecular weight is 225 g/mol. The Hall–Kier alpha value is -1.09. The fourth-order valence-corrected chi connectivity index (χ4v) is 1.26. The maximum atomic E-state index is 13.1. The Morgan fingerprint density at radius 1 is 1.25 bits per heavy atom. The van der Waals surface area contributed by atoms with Gasteiger partial charge >= 0.3 is 0 Å². The molecule has 0 spiro atoms. The molecule has 90 valence electrons. The van der Waals surface area contributed by atoms with Gasteiger partial charge in [-0.15, -0.1) is 0 Å². The molecule has 3 heteroatoms. The first-order chi connectivity index (χ1) is 7.49. The van der Waals surface area contributed by atoms with Crippen molar-refractivity contribution in [3.05, 3.63) is 30.1 Å². The standard InChI is InChI=1S/C13H20FNO/c1-13(2,3)10-15-8-9-16-12-7-5-4-6-11(12)14/h4-7,15H,8-10H2,1-3H3. The van der Waals surface area contributed by atoms with E-state index in [2.05, 4.69) is 26.1 Å².